The van der Waals surface area contributed by atoms with Crippen molar-refractivity contribution in [2.45, 2.75) is 38.9 Å². The van der Waals surface area contributed by atoms with Gasteiger partial charge < -0.3 is 10.2 Å². The lowest BCUT2D eigenvalue weighted by Crippen LogP contribution is -2.39. The van der Waals surface area contributed by atoms with Gasteiger partial charge in [0.2, 0.25) is 8.32 Å². The Kier molecular flexibility index (Phi) is 4.21. The summed E-state index contributed by atoms with van der Waals surface area (Å²) in [4.78, 5) is 0. The second-order valence-electron chi connectivity index (χ2n) is 3.91. The molecule has 0 radical (unpaired) electrons. The second-order valence-corrected chi connectivity index (χ2v) is 8.61. The fourth-order valence-electron chi connectivity index (χ4n) is 1.75. The maximum absolute atomic E-state index is 6.19. The molecule has 15 heavy (non-hydrogen) atoms. The smallest absolute Gasteiger partial charge is 0.250 e. The van der Waals surface area contributed by atoms with E-state index in [0.717, 1.165) is 11.4 Å². The van der Waals surface area contributed by atoms with E-state index in [1.165, 1.54) is 18.1 Å². The van der Waals surface area contributed by atoms with Crippen LogP contribution in [0.2, 0.25) is 18.1 Å². The monoisotopic (exact) mass is 223 g/mol. The van der Waals surface area contributed by atoms with E-state index in [9.17, 15) is 0 Å². The van der Waals surface area contributed by atoms with Crippen molar-refractivity contribution >= 4 is 14.0 Å². The summed E-state index contributed by atoms with van der Waals surface area (Å²) in [7, 11) is -1.52. The molecule has 0 bridgehead atoms. The molecule has 0 unspecified atom stereocenters. The number of rotatable bonds is 5. The molecule has 0 aliphatic rings. The van der Waals surface area contributed by atoms with Gasteiger partial charge in [-0.15, -0.1) is 0 Å². The van der Waals surface area contributed by atoms with Gasteiger partial charge in [0.05, 0.1) is 0 Å². The van der Waals surface area contributed by atoms with Crippen molar-refractivity contribution in [3.05, 3.63) is 24.3 Å². The molecule has 0 aliphatic carbocycles. The maximum atomic E-state index is 6.19. The van der Waals surface area contributed by atoms with Crippen molar-refractivity contribution in [3.8, 4) is 5.75 Å². The van der Waals surface area contributed by atoms with E-state index in [0.29, 0.717) is 0 Å². The molecule has 0 fully saturated rings. The van der Waals surface area contributed by atoms with Crippen LogP contribution in [-0.4, -0.2) is 8.32 Å². The highest BCUT2D eigenvalue weighted by molar-refractivity contribution is 6.74. The molecular formula is C12H21NOSi. The first-order valence-electron chi connectivity index (χ1n) is 5.70. The maximum Gasteiger partial charge on any atom is 0.250 e. The molecule has 0 aliphatic heterocycles. The summed E-state index contributed by atoms with van der Waals surface area (Å²) in [6.45, 7) is 6.70. The summed E-state index contributed by atoms with van der Waals surface area (Å²) < 4.78 is 6.19. The van der Waals surface area contributed by atoms with Crippen molar-refractivity contribution < 1.29 is 4.43 Å². The molecule has 0 saturated carbocycles. The van der Waals surface area contributed by atoms with Crippen LogP contribution in [0.1, 0.15) is 20.8 Å². The first-order chi connectivity index (χ1) is 7.15. The lowest BCUT2D eigenvalue weighted by atomic mass is 10.3. The second kappa shape index (κ2) is 5.21. The molecular weight excluding hydrogens is 202 g/mol. The minimum Gasteiger partial charge on any atom is -0.544 e. The van der Waals surface area contributed by atoms with Crippen LogP contribution in [0.25, 0.3) is 0 Å². The van der Waals surface area contributed by atoms with E-state index in [2.05, 4.69) is 20.8 Å². The van der Waals surface area contributed by atoms with Crippen LogP contribution in [0.4, 0.5) is 5.69 Å². The van der Waals surface area contributed by atoms with Gasteiger partial charge in [0, 0.05) is 5.69 Å². The van der Waals surface area contributed by atoms with Crippen LogP contribution in [0.15, 0.2) is 24.3 Å². The van der Waals surface area contributed by atoms with E-state index in [1.807, 2.05) is 24.3 Å². The zero-order valence-electron chi connectivity index (χ0n) is 9.92. The Morgan fingerprint density at radius 1 is 1.00 bits per heavy atom. The molecule has 1 rings (SSSR count). The lowest BCUT2D eigenvalue weighted by molar-refractivity contribution is 0.532. The molecule has 0 saturated heterocycles. The largest absolute Gasteiger partial charge is 0.544 e. The van der Waals surface area contributed by atoms with Gasteiger partial charge in [-0.1, -0.05) is 20.8 Å². The zero-order chi connectivity index (χ0) is 11.3. The molecule has 1 aromatic rings. The topological polar surface area (TPSA) is 35.2 Å². The number of hydrogen-bond donors (Lipinski definition) is 1. The Balaban J connectivity index is 2.78. The third-order valence-electron chi connectivity index (χ3n) is 3.15. The van der Waals surface area contributed by atoms with Gasteiger partial charge in [-0.05, 0) is 42.4 Å². The number of anilines is 1. The third-order valence-corrected chi connectivity index (χ3v) is 7.68. The van der Waals surface area contributed by atoms with E-state index >= 15 is 0 Å². The highest BCUT2D eigenvalue weighted by Gasteiger charge is 2.30. The molecule has 0 heterocycles. The van der Waals surface area contributed by atoms with Gasteiger partial charge in [-0.2, -0.15) is 0 Å². The first kappa shape index (κ1) is 12.1. The summed E-state index contributed by atoms with van der Waals surface area (Å²) in [5.74, 6) is 0.974. The quantitative estimate of drug-likeness (QED) is 0.611. The van der Waals surface area contributed by atoms with E-state index in [-0.39, 0.29) is 0 Å². The third kappa shape index (κ3) is 2.99. The lowest BCUT2D eigenvalue weighted by Gasteiger charge is -2.28. The van der Waals surface area contributed by atoms with Crippen molar-refractivity contribution in [1.82, 2.24) is 0 Å². The molecule has 84 valence electrons. The Bertz CT molecular complexity index is 285. The van der Waals surface area contributed by atoms with Crippen molar-refractivity contribution in [1.29, 1.82) is 0 Å². The Labute approximate surface area is 93.6 Å². The average Bonchev–Trinajstić information content (AvgIpc) is 2.29. The SMILES string of the molecule is CC[Si](CC)(CC)Oc1ccc(N)cc1. The molecule has 2 N–H and O–H groups in total. The Morgan fingerprint density at radius 3 is 1.87 bits per heavy atom. The fraction of sp³-hybridized carbons (Fsp3) is 0.500. The zero-order valence-corrected chi connectivity index (χ0v) is 10.9. The predicted octanol–water partition coefficient (Wildman–Crippen LogP) is 3.65. The van der Waals surface area contributed by atoms with Crippen LogP contribution in [-0.2, 0) is 0 Å². The summed E-state index contributed by atoms with van der Waals surface area (Å²) in [6, 6.07) is 11.3. The number of benzene rings is 1. The molecule has 3 heteroatoms. The normalized spacial score (nSPS) is 11.4. The van der Waals surface area contributed by atoms with Gasteiger partial charge in [0.15, 0.2) is 0 Å². The summed E-state index contributed by atoms with van der Waals surface area (Å²) in [6.07, 6.45) is 0. The van der Waals surface area contributed by atoms with E-state index in [4.69, 9.17) is 10.2 Å². The predicted molar refractivity (Wildman–Crippen MR) is 68.7 cm³/mol. The molecule has 0 aromatic heterocycles. The van der Waals surface area contributed by atoms with Gasteiger partial charge in [-0.3, -0.25) is 0 Å². The minimum atomic E-state index is -1.52. The highest BCUT2D eigenvalue weighted by Crippen LogP contribution is 2.25. The standard InChI is InChI=1S/C12H21NOSi/c1-4-15(5-2,6-3)14-12-9-7-11(13)8-10-12/h7-10H,4-6,13H2,1-3H3. The van der Waals surface area contributed by atoms with Crippen molar-refractivity contribution in [3.63, 3.8) is 0 Å². The molecule has 1 aromatic carbocycles. The number of nitrogen functional groups attached to an aromatic ring is 1. The summed E-state index contributed by atoms with van der Waals surface area (Å²) in [5, 5.41) is 0. The first-order valence-corrected chi connectivity index (χ1v) is 8.23. The Hall–Kier alpha value is -0.963. The molecule has 2 nitrogen and oxygen atoms in total. The summed E-state index contributed by atoms with van der Waals surface area (Å²) >= 11 is 0. The summed E-state index contributed by atoms with van der Waals surface area (Å²) in [5.41, 5.74) is 6.43. The van der Waals surface area contributed by atoms with Crippen molar-refractivity contribution in [2.24, 2.45) is 0 Å². The minimum absolute atomic E-state index is 0.791. The van der Waals surface area contributed by atoms with Crippen LogP contribution < -0.4 is 10.2 Å². The van der Waals surface area contributed by atoms with Gasteiger partial charge in [-0.25, -0.2) is 0 Å². The van der Waals surface area contributed by atoms with Gasteiger partial charge in [0.25, 0.3) is 0 Å². The van der Waals surface area contributed by atoms with Gasteiger partial charge >= 0.3 is 0 Å². The molecule has 0 spiro atoms. The Morgan fingerprint density at radius 2 is 1.47 bits per heavy atom. The van der Waals surface area contributed by atoms with Crippen LogP contribution >= 0.6 is 0 Å². The number of nitrogens with two attached hydrogens (primary N) is 1. The molecule has 0 atom stereocenters. The average molecular weight is 223 g/mol. The van der Waals surface area contributed by atoms with Crippen LogP contribution in [0.5, 0.6) is 5.75 Å². The van der Waals surface area contributed by atoms with Crippen molar-refractivity contribution in [2.75, 3.05) is 5.73 Å². The van der Waals surface area contributed by atoms with Gasteiger partial charge in [0.1, 0.15) is 5.75 Å². The highest BCUT2D eigenvalue weighted by atomic mass is 28.4. The van der Waals surface area contributed by atoms with Crippen LogP contribution in [0.3, 0.4) is 0 Å². The van der Waals surface area contributed by atoms with E-state index in [1.54, 1.807) is 0 Å². The van der Waals surface area contributed by atoms with E-state index < -0.39 is 8.32 Å². The fourth-order valence-corrected chi connectivity index (χ4v) is 4.32. The number of hydrogen-bond acceptors (Lipinski definition) is 2. The molecule has 0 amide bonds. The van der Waals surface area contributed by atoms with Crippen LogP contribution in [0, 0.1) is 0 Å².